The van der Waals surface area contributed by atoms with Gasteiger partial charge >= 0.3 is 0 Å². The molecule has 3 aromatic rings. The summed E-state index contributed by atoms with van der Waals surface area (Å²) < 4.78 is 13.2. The van der Waals surface area contributed by atoms with E-state index in [9.17, 15) is 9.18 Å². The van der Waals surface area contributed by atoms with Crippen LogP contribution in [-0.2, 0) is 6.54 Å². The number of carbonyl (C=O) groups is 1. The summed E-state index contributed by atoms with van der Waals surface area (Å²) in [5.74, 6) is 0.737. The highest BCUT2D eigenvalue weighted by atomic mass is 19.1. The van der Waals surface area contributed by atoms with Gasteiger partial charge in [0.15, 0.2) is 5.82 Å². The number of aromatic nitrogens is 2. The standard InChI is InChI=1S/C26H29FN4O/c1-18-7-6-8-20(15-18)24-28-17-23(25(30-24)31(2)22-9-4-3-5-10-22)26(32)29-16-19-11-13-21(27)14-12-19/h6-8,11-15,17,22H,3-5,9-10,16H2,1-2H3,(H,29,32). The maximum atomic E-state index is 13.2. The molecule has 0 atom stereocenters. The van der Waals surface area contributed by atoms with Crippen LogP contribution in [-0.4, -0.2) is 29.0 Å². The van der Waals surface area contributed by atoms with Crippen molar-refractivity contribution < 1.29 is 9.18 Å². The Morgan fingerprint density at radius 3 is 2.59 bits per heavy atom. The minimum absolute atomic E-state index is 0.234. The Bertz CT molecular complexity index is 1080. The molecule has 1 saturated carbocycles. The molecule has 0 bridgehead atoms. The van der Waals surface area contributed by atoms with Crippen LogP contribution in [0.3, 0.4) is 0 Å². The molecule has 166 valence electrons. The second kappa shape index (κ2) is 9.90. The first kappa shape index (κ1) is 21.9. The van der Waals surface area contributed by atoms with Crippen LogP contribution in [0.4, 0.5) is 10.2 Å². The molecule has 0 aliphatic heterocycles. The van der Waals surface area contributed by atoms with Crippen molar-refractivity contribution in [3.8, 4) is 11.4 Å². The summed E-state index contributed by atoms with van der Waals surface area (Å²) in [7, 11) is 2.02. The summed E-state index contributed by atoms with van der Waals surface area (Å²) in [5, 5.41) is 2.93. The highest BCUT2D eigenvalue weighted by Crippen LogP contribution is 2.29. The quantitative estimate of drug-likeness (QED) is 0.575. The molecular weight excluding hydrogens is 403 g/mol. The second-order valence-corrected chi connectivity index (χ2v) is 8.51. The van der Waals surface area contributed by atoms with Gasteiger partial charge in [0, 0.05) is 31.4 Å². The molecule has 1 aliphatic carbocycles. The minimum Gasteiger partial charge on any atom is -0.356 e. The van der Waals surface area contributed by atoms with E-state index in [0.717, 1.165) is 29.5 Å². The number of hydrogen-bond donors (Lipinski definition) is 1. The van der Waals surface area contributed by atoms with Gasteiger partial charge in [0.2, 0.25) is 0 Å². The van der Waals surface area contributed by atoms with E-state index in [-0.39, 0.29) is 11.7 Å². The van der Waals surface area contributed by atoms with Gasteiger partial charge in [-0.3, -0.25) is 4.79 Å². The van der Waals surface area contributed by atoms with Gasteiger partial charge in [-0.25, -0.2) is 14.4 Å². The fourth-order valence-corrected chi connectivity index (χ4v) is 4.25. The molecule has 2 aromatic carbocycles. The second-order valence-electron chi connectivity index (χ2n) is 8.51. The van der Waals surface area contributed by atoms with E-state index in [2.05, 4.69) is 15.2 Å². The van der Waals surface area contributed by atoms with Crippen molar-refractivity contribution in [3.63, 3.8) is 0 Å². The number of halogens is 1. The third-order valence-electron chi connectivity index (χ3n) is 6.11. The Kier molecular flexibility index (Phi) is 6.78. The summed E-state index contributed by atoms with van der Waals surface area (Å²) >= 11 is 0. The lowest BCUT2D eigenvalue weighted by atomic mass is 9.94. The first-order chi connectivity index (χ1) is 15.5. The third kappa shape index (κ3) is 5.13. The summed E-state index contributed by atoms with van der Waals surface area (Å²) in [6.45, 7) is 2.35. The van der Waals surface area contributed by atoms with Crippen molar-refractivity contribution in [1.29, 1.82) is 0 Å². The monoisotopic (exact) mass is 432 g/mol. The van der Waals surface area contributed by atoms with Crippen molar-refractivity contribution in [2.75, 3.05) is 11.9 Å². The highest BCUT2D eigenvalue weighted by molar-refractivity contribution is 5.98. The van der Waals surface area contributed by atoms with E-state index in [4.69, 9.17) is 4.98 Å². The minimum atomic E-state index is -0.295. The number of anilines is 1. The van der Waals surface area contributed by atoms with Gasteiger partial charge < -0.3 is 10.2 Å². The molecule has 1 amide bonds. The maximum absolute atomic E-state index is 13.2. The number of hydrogen-bond acceptors (Lipinski definition) is 4. The fourth-order valence-electron chi connectivity index (χ4n) is 4.25. The summed E-state index contributed by atoms with van der Waals surface area (Å²) in [5.41, 5.74) is 3.35. The molecular formula is C26H29FN4O. The molecule has 0 radical (unpaired) electrons. The predicted molar refractivity (Wildman–Crippen MR) is 125 cm³/mol. The molecule has 0 spiro atoms. The lowest BCUT2D eigenvalue weighted by Gasteiger charge is -2.33. The topological polar surface area (TPSA) is 58.1 Å². The molecule has 1 aliphatic rings. The van der Waals surface area contributed by atoms with Crippen molar-refractivity contribution in [2.24, 2.45) is 0 Å². The Hall–Kier alpha value is -3.28. The Morgan fingerprint density at radius 2 is 1.88 bits per heavy atom. The molecule has 4 rings (SSSR count). The lowest BCUT2D eigenvalue weighted by Crippen LogP contribution is -2.36. The van der Waals surface area contributed by atoms with Gasteiger partial charge in [0.1, 0.15) is 17.2 Å². The Labute approximate surface area is 188 Å². The molecule has 6 heteroatoms. The van der Waals surface area contributed by atoms with E-state index in [0.29, 0.717) is 29.8 Å². The molecule has 1 fully saturated rings. The summed E-state index contributed by atoms with van der Waals surface area (Å²) in [6.07, 6.45) is 7.45. The zero-order valence-corrected chi connectivity index (χ0v) is 18.6. The van der Waals surface area contributed by atoms with Crippen LogP contribution in [0.25, 0.3) is 11.4 Å². The fraction of sp³-hybridized carbons (Fsp3) is 0.346. The molecule has 1 aromatic heterocycles. The van der Waals surface area contributed by atoms with Gasteiger partial charge in [-0.05, 0) is 43.5 Å². The van der Waals surface area contributed by atoms with Gasteiger partial charge in [-0.2, -0.15) is 0 Å². The van der Waals surface area contributed by atoms with Crippen molar-refractivity contribution in [1.82, 2.24) is 15.3 Å². The average Bonchev–Trinajstić information content (AvgIpc) is 2.83. The largest absolute Gasteiger partial charge is 0.356 e. The van der Waals surface area contributed by atoms with E-state index < -0.39 is 0 Å². The van der Waals surface area contributed by atoms with Crippen molar-refractivity contribution in [3.05, 3.63) is 77.2 Å². The lowest BCUT2D eigenvalue weighted by molar-refractivity contribution is 0.0950. The SMILES string of the molecule is Cc1cccc(-c2ncc(C(=O)NCc3ccc(F)cc3)c(N(C)C3CCCCC3)n2)c1. The molecule has 1 N–H and O–H groups in total. The van der Waals surface area contributed by atoms with Crippen LogP contribution in [0, 0.1) is 12.7 Å². The van der Waals surface area contributed by atoms with Gasteiger partial charge in [0.25, 0.3) is 5.91 Å². The van der Waals surface area contributed by atoms with Gasteiger partial charge in [-0.15, -0.1) is 0 Å². The van der Waals surface area contributed by atoms with Crippen LogP contribution in [0.15, 0.2) is 54.7 Å². The van der Waals surface area contributed by atoms with Crippen LogP contribution in [0.1, 0.15) is 53.6 Å². The maximum Gasteiger partial charge on any atom is 0.256 e. The zero-order chi connectivity index (χ0) is 22.5. The summed E-state index contributed by atoms with van der Waals surface area (Å²) in [4.78, 5) is 24.6. The number of amides is 1. The number of carbonyl (C=O) groups excluding carboxylic acids is 1. The average molecular weight is 433 g/mol. The molecule has 0 unspecified atom stereocenters. The zero-order valence-electron chi connectivity index (χ0n) is 18.6. The number of aryl methyl sites for hydroxylation is 1. The Morgan fingerprint density at radius 1 is 1.12 bits per heavy atom. The highest BCUT2D eigenvalue weighted by Gasteiger charge is 2.25. The van der Waals surface area contributed by atoms with E-state index >= 15 is 0 Å². The van der Waals surface area contributed by atoms with Gasteiger partial charge in [0.05, 0.1) is 0 Å². The van der Waals surface area contributed by atoms with Gasteiger partial charge in [-0.1, -0.05) is 55.2 Å². The first-order valence-corrected chi connectivity index (χ1v) is 11.2. The normalized spacial score (nSPS) is 14.2. The van der Waals surface area contributed by atoms with Crippen molar-refractivity contribution in [2.45, 2.75) is 51.6 Å². The van der Waals surface area contributed by atoms with Crippen LogP contribution in [0.5, 0.6) is 0 Å². The third-order valence-corrected chi connectivity index (χ3v) is 6.11. The molecule has 32 heavy (non-hydrogen) atoms. The smallest absolute Gasteiger partial charge is 0.256 e. The predicted octanol–water partition coefficient (Wildman–Crippen LogP) is 5.29. The van der Waals surface area contributed by atoms with Crippen molar-refractivity contribution >= 4 is 11.7 Å². The first-order valence-electron chi connectivity index (χ1n) is 11.2. The molecule has 5 nitrogen and oxygen atoms in total. The van der Waals surface area contributed by atoms with E-state index in [1.165, 1.54) is 31.4 Å². The van der Waals surface area contributed by atoms with Crippen LogP contribution < -0.4 is 10.2 Å². The number of nitrogens with one attached hydrogen (secondary N) is 1. The number of nitrogens with zero attached hydrogens (tertiary/aromatic N) is 3. The van der Waals surface area contributed by atoms with E-state index in [1.54, 1.807) is 18.3 Å². The molecule has 1 heterocycles. The molecule has 0 saturated heterocycles. The Balaban J connectivity index is 1.63. The van der Waals surface area contributed by atoms with Crippen LogP contribution >= 0.6 is 0 Å². The number of benzene rings is 2. The van der Waals surface area contributed by atoms with Crippen LogP contribution in [0.2, 0.25) is 0 Å². The van der Waals surface area contributed by atoms with E-state index in [1.807, 2.05) is 38.2 Å². The summed E-state index contributed by atoms with van der Waals surface area (Å²) in [6, 6.07) is 14.5. The number of rotatable bonds is 6.